The quantitative estimate of drug-likeness (QED) is 0.661. The van der Waals surface area contributed by atoms with Gasteiger partial charge in [0.25, 0.3) is 0 Å². The zero-order valence-electron chi connectivity index (χ0n) is 9.74. The van der Waals surface area contributed by atoms with Gasteiger partial charge in [-0.25, -0.2) is 0 Å². The van der Waals surface area contributed by atoms with Crippen LogP contribution in [0.3, 0.4) is 0 Å². The fraction of sp³-hybridized carbons (Fsp3) is 0.143. The summed E-state index contributed by atoms with van der Waals surface area (Å²) in [5.74, 6) is 5.62. The van der Waals surface area contributed by atoms with Gasteiger partial charge in [-0.15, -0.1) is 0 Å². The smallest absolute Gasteiger partial charge is 0.0501 e. The highest BCUT2D eigenvalue weighted by molar-refractivity contribution is 6.31. The molecule has 0 aromatic heterocycles. The Morgan fingerprint density at radius 1 is 1.06 bits per heavy atom. The average molecular weight is 281 g/mol. The maximum absolute atomic E-state index is 6.15. The summed E-state index contributed by atoms with van der Waals surface area (Å²) < 4.78 is 0. The Morgan fingerprint density at radius 2 is 1.83 bits per heavy atom. The summed E-state index contributed by atoms with van der Waals surface area (Å²) in [4.78, 5) is 0. The third-order valence-corrected chi connectivity index (χ3v) is 3.44. The highest BCUT2D eigenvalue weighted by Gasteiger charge is 2.12. The molecule has 1 unspecified atom stereocenters. The summed E-state index contributed by atoms with van der Waals surface area (Å²) >= 11 is 12.1. The van der Waals surface area contributed by atoms with Crippen LogP contribution in [-0.4, -0.2) is 0 Å². The number of nitrogens with two attached hydrogens (primary N) is 1. The molecular weight excluding hydrogens is 267 g/mol. The Balaban J connectivity index is 2.23. The first-order valence-electron chi connectivity index (χ1n) is 5.65. The summed E-state index contributed by atoms with van der Waals surface area (Å²) in [7, 11) is 0. The minimum Gasteiger partial charge on any atom is -0.271 e. The highest BCUT2D eigenvalue weighted by atomic mass is 35.5. The van der Waals surface area contributed by atoms with Gasteiger partial charge in [0.05, 0.1) is 6.04 Å². The zero-order valence-corrected chi connectivity index (χ0v) is 11.2. The Bertz CT molecular complexity index is 529. The van der Waals surface area contributed by atoms with E-state index in [-0.39, 0.29) is 6.04 Å². The Morgan fingerprint density at radius 3 is 2.50 bits per heavy atom. The molecule has 0 radical (unpaired) electrons. The van der Waals surface area contributed by atoms with E-state index in [1.54, 1.807) is 0 Å². The maximum atomic E-state index is 6.15. The third kappa shape index (κ3) is 3.24. The summed E-state index contributed by atoms with van der Waals surface area (Å²) in [6.45, 7) is 0. The number of halogens is 2. The fourth-order valence-corrected chi connectivity index (χ4v) is 2.29. The number of hydrogen-bond donors (Lipinski definition) is 2. The number of rotatable bonds is 4. The molecule has 0 amide bonds. The molecular formula is C14H14Cl2N2. The molecule has 0 saturated heterocycles. The van der Waals surface area contributed by atoms with Crippen LogP contribution in [0.2, 0.25) is 10.0 Å². The molecule has 2 nitrogen and oxygen atoms in total. The van der Waals surface area contributed by atoms with E-state index in [1.807, 2.05) is 48.5 Å². The van der Waals surface area contributed by atoms with Crippen LogP contribution in [0.5, 0.6) is 0 Å². The van der Waals surface area contributed by atoms with Gasteiger partial charge in [0, 0.05) is 10.0 Å². The first-order chi connectivity index (χ1) is 8.70. The minimum absolute atomic E-state index is 0.0106. The predicted molar refractivity (Wildman–Crippen MR) is 76.7 cm³/mol. The van der Waals surface area contributed by atoms with Crippen LogP contribution in [-0.2, 0) is 6.42 Å². The number of hydrogen-bond acceptors (Lipinski definition) is 2. The van der Waals surface area contributed by atoms with Gasteiger partial charge < -0.3 is 0 Å². The Labute approximate surface area is 117 Å². The maximum Gasteiger partial charge on any atom is 0.0501 e. The van der Waals surface area contributed by atoms with Crippen LogP contribution >= 0.6 is 23.2 Å². The van der Waals surface area contributed by atoms with Gasteiger partial charge in [-0.05, 0) is 35.7 Å². The number of hydrazine groups is 1. The van der Waals surface area contributed by atoms with Crippen LogP contribution in [0.1, 0.15) is 17.2 Å². The fourth-order valence-electron chi connectivity index (χ4n) is 1.88. The van der Waals surface area contributed by atoms with Crippen LogP contribution in [0, 0.1) is 0 Å². The lowest BCUT2D eigenvalue weighted by Gasteiger charge is -2.17. The largest absolute Gasteiger partial charge is 0.271 e. The lowest BCUT2D eigenvalue weighted by molar-refractivity contribution is 0.552. The van der Waals surface area contributed by atoms with E-state index < -0.39 is 0 Å². The molecule has 0 aliphatic carbocycles. The van der Waals surface area contributed by atoms with E-state index in [9.17, 15) is 0 Å². The Kier molecular flexibility index (Phi) is 4.61. The monoisotopic (exact) mass is 280 g/mol. The van der Waals surface area contributed by atoms with E-state index in [1.165, 1.54) is 0 Å². The molecule has 1 atom stereocenters. The van der Waals surface area contributed by atoms with Gasteiger partial charge in [-0.3, -0.25) is 11.3 Å². The first-order valence-corrected chi connectivity index (χ1v) is 6.41. The van der Waals surface area contributed by atoms with E-state index in [0.717, 1.165) is 22.6 Å². The predicted octanol–water partition coefficient (Wildman–Crippen LogP) is 3.74. The molecule has 0 saturated carbocycles. The molecule has 0 aliphatic heterocycles. The molecule has 0 spiro atoms. The van der Waals surface area contributed by atoms with E-state index in [4.69, 9.17) is 29.0 Å². The van der Waals surface area contributed by atoms with Crippen molar-refractivity contribution in [3.05, 3.63) is 69.7 Å². The highest BCUT2D eigenvalue weighted by Crippen LogP contribution is 2.24. The minimum atomic E-state index is -0.0106. The van der Waals surface area contributed by atoms with Crippen molar-refractivity contribution in [2.45, 2.75) is 12.5 Å². The van der Waals surface area contributed by atoms with Crippen molar-refractivity contribution in [1.82, 2.24) is 5.43 Å². The molecule has 0 aliphatic rings. The van der Waals surface area contributed by atoms with Crippen LogP contribution in [0.25, 0.3) is 0 Å². The second kappa shape index (κ2) is 6.21. The molecule has 3 N–H and O–H groups in total. The van der Waals surface area contributed by atoms with Crippen LogP contribution in [0.15, 0.2) is 48.5 Å². The molecule has 2 rings (SSSR count). The van der Waals surface area contributed by atoms with E-state index >= 15 is 0 Å². The number of nitrogens with one attached hydrogen (secondary N) is 1. The summed E-state index contributed by atoms with van der Waals surface area (Å²) in [5.41, 5.74) is 4.91. The van der Waals surface area contributed by atoms with Crippen molar-refractivity contribution in [2.24, 2.45) is 5.84 Å². The molecule has 2 aromatic rings. The van der Waals surface area contributed by atoms with Gasteiger partial charge in [0.1, 0.15) is 0 Å². The molecule has 0 heterocycles. The van der Waals surface area contributed by atoms with E-state index in [2.05, 4.69) is 5.43 Å². The summed E-state index contributed by atoms with van der Waals surface area (Å²) in [6.07, 6.45) is 0.719. The second-order valence-corrected chi connectivity index (χ2v) is 4.91. The third-order valence-electron chi connectivity index (χ3n) is 2.83. The van der Waals surface area contributed by atoms with Gasteiger partial charge in [0.2, 0.25) is 0 Å². The van der Waals surface area contributed by atoms with Gasteiger partial charge >= 0.3 is 0 Å². The molecule has 4 heteroatoms. The van der Waals surface area contributed by atoms with Gasteiger partial charge in [0.15, 0.2) is 0 Å². The second-order valence-electron chi connectivity index (χ2n) is 4.07. The lowest BCUT2D eigenvalue weighted by atomic mass is 9.99. The van der Waals surface area contributed by atoms with Crippen LogP contribution in [0.4, 0.5) is 0 Å². The van der Waals surface area contributed by atoms with Crippen molar-refractivity contribution < 1.29 is 0 Å². The molecule has 2 aromatic carbocycles. The van der Waals surface area contributed by atoms with Crippen molar-refractivity contribution in [1.29, 1.82) is 0 Å². The lowest BCUT2D eigenvalue weighted by Crippen LogP contribution is -2.29. The SMILES string of the molecule is NNC(Cc1ccccc1Cl)c1cccc(Cl)c1. The molecule has 94 valence electrons. The van der Waals surface area contributed by atoms with Gasteiger partial charge in [-0.1, -0.05) is 53.5 Å². The average Bonchev–Trinajstić information content (AvgIpc) is 2.38. The van der Waals surface area contributed by atoms with Crippen molar-refractivity contribution >= 4 is 23.2 Å². The van der Waals surface area contributed by atoms with Crippen molar-refractivity contribution in [3.63, 3.8) is 0 Å². The van der Waals surface area contributed by atoms with E-state index in [0.29, 0.717) is 5.02 Å². The van der Waals surface area contributed by atoms with Crippen LogP contribution < -0.4 is 11.3 Å². The number of benzene rings is 2. The summed E-state index contributed by atoms with van der Waals surface area (Å²) in [5, 5.41) is 1.45. The standard InChI is InChI=1S/C14H14Cl2N2/c15-12-6-3-5-11(8-12)14(18-17)9-10-4-1-2-7-13(10)16/h1-8,14,18H,9,17H2. The molecule has 0 fully saturated rings. The normalized spacial score (nSPS) is 12.4. The molecule has 18 heavy (non-hydrogen) atoms. The van der Waals surface area contributed by atoms with Crippen molar-refractivity contribution in [2.75, 3.05) is 0 Å². The topological polar surface area (TPSA) is 38.0 Å². The van der Waals surface area contributed by atoms with Gasteiger partial charge in [-0.2, -0.15) is 0 Å². The summed E-state index contributed by atoms with van der Waals surface area (Å²) in [6, 6.07) is 15.4. The zero-order chi connectivity index (χ0) is 13.0. The first kappa shape index (κ1) is 13.4. The Hall–Kier alpha value is -1.06. The molecule has 0 bridgehead atoms. The van der Waals surface area contributed by atoms with Crippen molar-refractivity contribution in [3.8, 4) is 0 Å².